The van der Waals surface area contributed by atoms with Gasteiger partial charge in [-0.2, -0.15) is 18.3 Å². The van der Waals surface area contributed by atoms with Crippen LogP contribution in [-0.4, -0.2) is 12.1 Å². The smallest absolute Gasteiger partial charge is 0.273 e. The number of hydrogen-bond donors (Lipinski definition) is 1. The maximum atomic E-state index is 12.7. The van der Waals surface area contributed by atoms with Crippen LogP contribution in [0, 0.1) is 5.82 Å². The standard InChI is InChI=1S/C16H12F4N2O/c17-14-7-3-11(4-8-14)9-15(23)22-21-10-12-1-5-13(6-2-12)16(18,19)20/h1-8,10H,9H2,(H,22,23)/b21-10+. The molecule has 2 rings (SSSR count). The molecule has 2 aromatic carbocycles. The molecule has 120 valence electrons. The van der Waals surface area contributed by atoms with Gasteiger partial charge in [0.25, 0.3) is 0 Å². The van der Waals surface area contributed by atoms with Crippen molar-refractivity contribution in [3.05, 3.63) is 71.0 Å². The summed E-state index contributed by atoms with van der Waals surface area (Å²) >= 11 is 0. The highest BCUT2D eigenvalue weighted by Gasteiger charge is 2.29. The van der Waals surface area contributed by atoms with Gasteiger partial charge in [-0.25, -0.2) is 9.82 Å². The van der Waals surface area contributed by atoms with Gasteiger partial charge in [0.2, 0.25) is 5.91 Å². The van der Waals surface area contributed by atoms with E-state index in [1.54, 1.807) is 0 Å². The molecule has 0 saturated heterocycles. The summed E-state index contributed by atoms with van der Waals surface area (Å²) in [5.41, 5.74) is 2.53. The lowest BCUT2D eigenvalue weighted by atomic mass is 10.1. The summed E-state index contributed by atoms with van der Waals surface area (Å²) in [4.78, 5) is 11.6. The minimum absolute atomic E-state index is 0.0185. The lowest BCUT2D eigenvalue weighted by molar-refractivity contribution is -0.137. The van der Waals surface area contributed by atoms with Crippen LogP contribution in [0.15, 0.2) is 53.6 Å². The summed E-state index contributed by atoms with van der Waals surface area (Å²) < 4.78 is 49.9. The van der Waals surface area contributed by atoms with Gasteiger partial charge in [-0.3, -0.25) is 4.79 Å². The average Bonchev–Trinajstić information content (AvgIpc) is 2.49. The van der Waals surface area contributed by atoms with Crippen molar-refractivity contribution < 1.29 is 22.4 Å². The van der Waals surface area contributed by atoms with Crippen molar-refractivity contribution in [2.45, 2.75) is 12.6 Å². The molecule has 23 heavy (non-hydrogen) atoms. The van der Waals surface area contributed by atoms with Gasteiger partial charge in [0.15, 0.2) is 0 Å². The number of nitrogens with zero attached hydrogens (tertiary/aromatic N) is 1. The van der Waals surface area contributed by atoms with Crippen LogP contribution in [0.2, 0.25) is 0 Å². The van der Waals surface area contributed by atoms with E-state index in [4.69, 9.17) is 0 Å². The van der Waals surface area contributed by atoms with Crippen molar-refractivity contribution >= 4 is 12.1 Å². The van der Waals surface area contributed by atoms with E-state index in [2.05, 4.69) is 10.5 Å². The van der Waals surface area contributed by atoms with Crippen LogP contribution in [0.5, 0.6) is 0 Å². The first-order valence-corrected chi connectivity index (χ1v) is 6.58. The van der Waals surface area contributed by atoms with Crippen molar-refractivity contribution in [1.29, 1.82) is 0 Å². The molecule has 0 heterocycles. The fraction of sp³-hybridized carbons (Fsp3) is 0.125. The van der Waals surface area contributed by atoms with Gasteiger partial charge >= 0.3 is 6.18 Å². The van der Waals surface area contributed by atoms with Crippen LogP contribution in [0.3, 0.4) is 0 Å². The van der Waals surface area contributed by atoms with Crippen LogP contribution < -0.4 is 5.43 Å². The molecular formula is C16H12F4N2O. The monoisotopic (exact) mass is 324 g/mol. The molecule has 0 aromatic heterocycles. The number of hydrogen-bond acceptors (Lipinski definition) is 2. The highest BCUT2D eigenvalue weighted by molar-refractivity contribution is 5.83. The highest BCUT2D eigenvalue weighted by atomic mass is 19.4. The van der Waals surface area contributed by atoms with E-state index >= 15 is 0 Å². The van der Waals surface area contributed by atoms with Crippen molar-refractivity contribution in [2.24, 2.45) is 5.10 Å². The topological polar surface area (TPSA) is 41.5 Å². The van der Waals surface area contributed by atoms with Gasteiger partial charge in [0.05, 0.1) is 18.2 Å². The van der Waals surface area contributed by atoms with Crippen molar-refractivity contribution in [3.8, 4) is 0 Å². The predicted octanol–water partition coefficient (Wildman–Crippen LogP) is 3.54. The molecule has 0 aliphatic rings. The van der Waals surface area contributed by atoms with Crippen LogP contribution in [0.25, 0.3) is 0 Å². The maximum absolute atomic E-state index is 12.7. The predicted molar refractivity (Wildman–Crippen MR) is 77.3 cm³/mol. The summed E-state index contributed by atoms with van der Waals surface area (Å²) in [5.74, 6) is -0.811. The summed E-state index contributed by atoms with van der Waals surface area (Å²) in [6, 6.07) is 9.81. The fourth-order valence-corrected chi connectivity index (χ4v) is 1.76. The molecule has 0 bridgehead atoms. The van der Waals surface area contributed by atoms with Gasteiger partial charge in [0.1, 0.15) is 5.82 Å². The van der Waals surface area contributed by atoms with E-state index in [-0.39, 0.29) is 6.42 Å². The third-order valence-corrected chi connectivity index (χ3v) is 2.92. The number of benzene rings is 2. The Labute approximate surface area is 129 Å². The highest BCUT2D eigenvalue weighted by Crippen LogP contribution is 2.28. The SMILES string of the molecule is O=C(Cc1ccc(F)cc1)N/N=C/c1ccc(C(F)(F)F)cc1. The second-order valence-electron chi connectivity index (χ2n) is 4.72. The van der Waals surface area contributed by atoms with Gasteiger partial charge in [0, 0.05) is 0 Å². The Balaban J connectivity index is 1.88. The third-order valence-electron chi connectivity index (χ3n) is 2.92. The molecule has 0 saturated carbocycles. The van der Waals surface area contributed by atoms with E-state index in [9.17, 15) is 22.4 Å². The number of carbonyl (C=O) groups excluding carboxylic acids is 1. The zero-order valence-corrected chi connectivity index (χ0v) is 11.8. The number of carbonyl (C=O) groups is 1. The molecule has 0 unspecified atom stereocenters. The second-order valence-corrected chi connectivity index (χ2v) is 4.72. The molecule has 0 spiro atoms. The summed E-state index contributed by atoms with van der Waals surface area (Å²) in [6.07, 6.45) is -3.13. The van der Waals surface area contributed by atoms with Crippen LogP contribution in [-0.2, 0) is 17.4 Å². The van der Waals surface area contributed by atoms with Crippen molar-refractivity contribution in [3.63, 3.8) is 0 Å². The molecular weight excluding hydrogens is 312 g/mol. The average molecular weight is 324 g/mol. The first-order valence-electron chi connectivity index (χ1n) is 6.58. The first-order chi connectivity index (χ1) is 10.8. The Morgan fingerprint density at radius 3 is 2.22 bits per heavy atom. The number of rotatable bonds is 4. The fourth-order valence-electron chi connectivity index (χ4n) is 1.76. The van der Waals surface area contributed by atoms with E-state index in [1.165, 1.54) is 42.6 Å². The number of nitrogens with one attached hydrogen (secondary N) is 1. The molecule has 3 nitrogen and oxygen atoms in total. The Kier molecular flexibility index (Phi) is 5.10. The Morgan fingerprint density at radius 2 is 1.65 bits per heavy atom. The molecule has 7 heteroatoms. The zero-order chi connectivity index (χ0) is 16.9. The second kappa shape index (κ2) is 7.04. The Bertz CT molecular complexity index is 692. The normalized spacial score (nSPS) is 11.7. The lowest BCUT2D eigenvalue weighted by Gasteiger charge is -2.05. The van der Waals surface area contributed by atoms with Crippen LogP contribution in [0.4, 0.5) is 17.6 Å². The van der Waals surface area contributed by atoms with E-state index in [0.717, 1.165) is 12.1 Å². The van der Waals surface area contributed by atoms with Gasteiger partial charge in [-0.15, -0.1) is 0 Å². The third kappa shape index (κ3) is 5.21. The molecule has 0 aliphatic carbocycles. The summed E-state index contributed by atoms with van der Waals surface area (Å²) in [6.45, 7) is 0. The number of alkyl halides is 3. The number of halogens is 4. The molecule has 1 N–H and O–H groups in total. The molecule has 0 radical (unpaired) electrons. The van der Waals surface area contributed by atoms with Crippen LogP contribution in [0.1, 0.15) is 16.7 Å². The van der Waals surface area contributed by atoms with Gasteiger partial charge < -0.3 is 0 Å². The number of amides is 1. The van der Waals surface area contributed by atoms with Gasteiger partial charge in [-0.05, 0) is 35.4 Å². The first kappa shape index (κ1) is 16.7. The summed E-state index contributed by atoms with van der Waals surface area (Å²) in [7, 11) is 0. The van der Waals surface area contributed by atoms with Gasteiger partial charge in [-0.1, -0.05) is 24.3 Å². The van der Waals surface area contributed by atoms with Crippen LogP contribution >= 0.6 is 0 Å². The molecule has 2 aromatic rings. The van der Waals surface area contributed by atoms with Crippen molar-refractivity contribution in [2.75, 3.05) is 0 Å². The molecule has 0 aliphatic heterocycles. The Morgan fingerprint density at radius 1 is 1.04 bits per heavy atom. The molecule has 0 fully saturated rings. The maximum Gasteiger partial charge on any atom is 0.416 e. The molecule has 0 atom stereocenters. The Hall–Kier alpha value is -2.70. The van der Waals surface area contributed by atoms with Crippen molar-refractivity contribution in [1.82, 2.24) is 5.43 Å². The largest absolute Gasteiger partial charge is 0.416 e. The minimum Gasteiger partial charge on any atom is -0.273 e. The van der Waals surface area contributed by atoms with E-state index in [1.807, 2.05) is 0 Å². The zero-order valence-electron chi connectivity index (χ0n) is 11.8. The van der Waals surface area contributed by atoms with E-state index in [0.29, 0.717) is 11.1 Å². The molecule has 1 amide bonds. The quantitative estimate of drug-likeness (QED) is 0.522. The minimum atomic E-state index is -4.39. The number of hydrazone groups is 1. The lowest BCUT2D eigenvalue weighted by Crippen LogP contribution is -2.19. The summed E-state index contributed by atoms with van der Waals surface area (Å²) in [5, 5.41) is 3.67. The van der Waals surface area contributed by atoms with E-state index < -0.39 is 23.5 Å².